The van der Waals surface area contributed by atoms with E-state index in [0.717, 1.165) is 12.8 Å². The number of hydrogen-bond donors (Lipinski definition) is 2. The van der Waals surface area contributed by atoms with Crippen LogP contribution in [0, 0.1) is 5.41 Å². The van der Waals surface area contributed by atoms with Crippen LogP contribution in [0.5, 0.6) is 0 Å². The van der Waals surface area contributed by atoms with E-state index >= 15 is 0 Å². The van der Waals surface area contributed by atoms with E-state index in [0.29, 0.717) is 24.4 Å². The van der Waals surface area contributed by atoms with Gasteiger partial charge in [0.1, 0.15) is 0 Å². The molecule has 0 heterocycles. The monoisotopic (exact) mass is 262 g/mol. The number of esters is 1. The van der Waals surface area contributed by atoms with Gasteiger partial charge in [0.25, 0.3) is 0 Å². The van der Waals surface area contributed by atoms with Gasteiger partial charge in [0.2, 0.25) is 5.91 Å². The largest absolute Gasteiger partial charge is 0.462 e. The van der Waals surface area contributed by atoms with Crippen molar-refractivity contribution >= 4 is 17.6 Å². The summed E-state index contributed by atoms with van der Waals surface area (Å²) in [5, 5.41) is 2.78. The van der Waals surface area contributed by atoms with Crippen LogP contribution < -0.4 is 11.1 Å². The average molecular weight is 262 g/mol. The third-order valence-electron chi connectivity index (χ3n) is 3.40. The minimum absolute atomic E-state index is 0.119. The number of amides is 1. The van der Waals surface area contributed by atoms with Crippen molar-refractivity contribution in [3.63, 3.8) is 0 Å². The molecule has 2 rings (SSSR count). The van der Waals surface area contributed by atoms with Crippen molar-refractivity contribution in [2.75, 3.05) is 18.5 Å². The lowest BCUT2D eigenvalue weighted by molar-refractivity contribution is -0.120. The Hall–Kier alpha value is -1.88. The van der Waals surface area contributed by atoms with Crippen LogP contribution in [-0.4, -0.2) is 25.0 Å². The topological polar surface area (TPSA) is 81.4 Å². The first-order chi connectivity index (χ1) is 9.13. The second-order valence-electron chi connectivity index (χ2n) is 4.70. The summed E-state index contributed by atoms with van der Waals surface area (Å²) in [6, 6.07) is 6.82. The summed E-state index contributed by atoms with van der Waals surface area (Å²) in [6.07, 6.45) is 1.60. The predicted octanol–water partition coefficient (Wildman–Crippen LogP) is 1.54. The minimum Gasteiger partial charge on any atom is -0.462 e. The minimum atomic E-state index is -0.443. The molecule has 0 bridgehead atoms. The molecule has 1 saturated carbocycles. The Kier molecular flexibility index (Phi) is 3.85. The van der Waals surface area contributed by atoms with Crippen LogP contribution in [0.25, 0.3) is 0 Å². The summed E-state index contributed by atoms with van der Waals surface area (Å²) >= 11 is 0. The van der Waals surface area contributed by atoms with Crippen LogP contribution in [0.4, 0.5) is 5.69 Å². The molecule has 0 radical (unpaired) electrons. The Morgan fingerprint density at radius 2 is 2.05 bits per heavy atom. The maximum atomic E-state index is 12.1. The third kappa shape index (κ3) is 2.76. The van der Waals surface area contributed by atoms with Crippen LogP contribution in [0.15, 0.2) is 24.3 Å². The Labute approximate surface area is 112 Å². The first kappa shape index (κ1) is 13.5. The molecule has 0 saturated heterocycles. The molecule has 3 N–H and O–H groups in total. The Morgan fingerprint density at radius 3 is 2.63 bits per heavy atom. The summed E-state index contributed by atoms with van der Waals surface area (Å²) in [5.41, 5.74) is 6.02. The fourth-order valence-corrected chi connectivity index (χ4v) is 1.91. The molecule has 1 aliphatic carbocycles. The van der Waals surface area contributed by atoms with Gasteiger partial charge in [-0.1, -0.05) is 12.1 Å². The maximum Gasteiger partial charge on any atom is 0.340 e. The van der Waals surface area contributed by atoms with Crippen LogP contribution in [0.3, 0.4) is 0 Å². The summed E-state index contributed by atoms with van der Waals surface area (Å²) in [7, 11) is 0. The van der Waals surface area contributed by atoms with Crippen LogP contribution in [-0.2, 0) is 9.53 Å². The lowest BCUT2D eigenvalue weighted by atomic mass is 10.1. The highest BCUT2D eigenvalue weighted by Gasteiger charge is 2.48. The van der Waals surface area contributed by atoms with Crippen molar-refractivity contribution < 1.29 is 14.3 Å². The van der Waals surface area contributed by atoms with Gasteiger partial charge >= 0.3 is 5.97 Å². The molecule has 1 aliphatic rings. The highest BCUT2D eigenvalue weighted by Crippen LogP contribution is 2.45. The normalized spacial score (nSPS) is 15.7. The van der Waals surface area contributed by atoms with E-state index in [2.05, 4.69) is 5.32 Å². The highest BCUT2D eigenvalue weighted by atomic mass is 16.5. The molecule has 0 atom stereocenters. The van der Waals surface area contributed by atoms with Crippen molar-refractivity contribution in [3.8, 4) is 0 Å². The first-order valence-corrected chi connectivity index (χ1v) is 6.40. The second kappa shape index (κ2) is 5.40. The molecule has 1 aromatic carbocycles. The summed E-state index contributed by atoms with van der Waals surface area (Å²) in [4.78, 5) is 23.9. The number of rotatable bonds is 5. The molecule has 102 valence electrons. The van der Waals surface area contributed by atoms with E-state index in [1.165, 1.54) is 0 Å². The SMILES string of the molecule is CCOC(=O)c1ccccc1NC(=O)C1(CN)CC1. The molecule has 0 unspecified atom stereocenters. The molecule has 5 nitrogen and oxygen atoms in total. The summed E-state index contributed by atoms with van der Waals surface area (Å²) in [6.45, 7) is 2.38. The molecule has 1 aromatic rings. The van der Waals surface area contributed by atoms with Crippen LogP contribution in [0.1, 0.15) is 30.1 Å². The lowest BCUT2D eigenvalue weighted by Gasteiger charge is -2.15. The van der Waals surface area contributed by atoms with Gasteiger partial charge in [0.15, 0.2) is 0 Å². The smallest absolute Gasteiger partial charge is 0.340 e. The van der Waals surface area contributed by atoms with Gasteiger partial charge in [-0.05, 0) is 31.9 Å². The number of para-hydroxylation sites is 1. The molecular weight excluding hydrogens is 244 g/mol. The quantitative estimate of drug-likeness (QED) is 0.789. The molecule has 1 fully saturated rings. The number of nitrogens with one attached hydrogen (secondary N) is 1. The van der Waals surface area contributed by atoms with E-state index in [9.17, 15) is 9.59 Å². The Bertz CT molecular complexity index is 495. The molecule has 19 heavy (non-hydrogen) atoms. The summed E-state index contributed by atoms with van der Waals surface area (Å²) < 4.78 is 4.96. The zero-order valence-corrected chi connectivity index (χ0v) is 10.9. The van der Waals surface area contributed by atoms with Gasteiger partial charge in [-0.25, -0.2) is 4.79 Å². The van der Waals surface area contributed by atoms with Gasteiger partial charge < -0.3 is 15.8 Å². The number of anilines is 1. The fraction of sp³-hybridized carbons (Fsp3) is 0.429. The average Bonchev–Trinajstić information content (AvgIpc) is 3.20. The van der Waals surface area contributed by atoms with Crippen molar-refractivity contribution in [1.29, 1.82) is 0 Å². The van der Waals surface area contributed by atoms with Crippen molar-refractivity contribution in [2.24, 2.45) is 11.1 Å². The van der Waals surface area contributed by atoms with Crippen molar-refractivity contribution in [1.82, 2.24) is 0 Å². The number of carbonyl (C=O) groups is 2. The van der Waals surface area contributed by atoms with Gasteiger partial charge in [0.05, 0.1) is 23.3 Å². The zero-order valence-electron chi connectivity index (χ0n) is 10.9. The van der Waals surface area contributed by atoms with E-state index in [4.69, 9.17) is 10.5 Å². The van der Waals surface area contributed by atoms with Gasteiger partial charge in [-0.3, -0.25) is 4.79 Å². The standard InChI is InChI=1S/C14H18N2O3/c1-2-19-12(17)10-5-3-4-6-11(10)16-13(18)14(9-15)7-8-14/h3-6H,2,7-9,15H2,1H3,(H,16,18). The van der Waals surface area contributed by atoms with E-state index in [1.54, 1.807) is 31.2 Å². The van der Waals surface area contributed by atoms with Crippen molar-refractivity contribution in [3.05, 3.63) is 29.8 Å². The molecule has 0 aliphatic heterocycles. The number of hydrogen-bond acceptors (Lipinski definition) is 4. The molecule has 0 spiro atoms. The number of nitrogens with two attached hydrogens (primary N) is 1. The van der Waals surface area contributed by atoms with Crippen molar-refractivity contribution in [2.45, 2.75) is 19.8 Å². The molecular formula is C14H18N2O3. The van der Waals surface area contributed by atoms with Crippen LogP contribution >= 0.6 is 0 Å². The molecule has 1 amide bonds. The summed E-state index contributed by atoms with van der Waals surface area (Å²) in [5.74, 6) is -0.553. The molecule has 0 aromatic heterocycles. The number of carbonyl (C=O) groups excluding carboxylic acids is 2. The zero-order chi connectivity index (χ0) is 13.9. The van der Waals surface area contributed by atoms with E-state index in [-0.39, 0.29) is 5.91 Å². The van der Waals surface area contributed by atoms with Gasteiger partial charge in [-0.15, -0.1) is 0 Å². The predicted molar refractivity (Wildman–Crippen MR) is 71.7 cm³/mol. The molecule has 5 heteroatoms. The number of ether oxygens (including phenoxy) is 1. The van der Waals surface area contributed by atoms with Crippen LogP contribution in [0.2, 0.25) is 0 Å². The third-order valence-corrected chi connectivity index (χ3v) is 3.40. The Morgan fingerprint density at radius 1 is 1.37 bits per heavy atom. The van der Waals surface area contributed by atoms with E-state index < -0.39 is 11.4 Å². The maximum absolute atomic E-state index is 12.1. The van der Waals surface area contributed by atoms with Gasteiger partial charge in [-0.2, -0.15) is 0 Å². The Balaban J connectivity index is 2.16. The second-order valence-corrected chi connectivity index (χ2v) is 4.70. The first-order valence-electron chi connectivity index (χ1n) is 6.40. The van der Waals surface area contributed by atoms with Gasteiger partial charge in [0, 0.05) is 6.54 Å². The lowest BCUT2D eigenvalue weighted by Crippen LogP contribution is -2.31. The number of benzene rings is 1. The fourth-order valence-electron chi connectivity index (χ4n) is 1.91. The highest BCUT2D eigenvalue weighted by molar-refractivity contribution is 6.03. The van der Waals surface area contributed by atoms with E-state index in [1.807, 2.05) is 0 Å².